The summed E-state index contributed by atoms with van der Waals surface area (Å²) in [6.07, 6.45) is 4.26. The van der Waals surface area contributed by atoms with E-state index in [2.05, 4.69) is 6.92 Å². The van der Waals surface area contributed by atoms with Gasteiger partial charge in [-0.3, -0.25) is 0 Å². The molecule has 1 heterocycles. The van der Waals surface area contributed by atoms with E-state index in [4.69, 9.17) is 0 Å². The van der Waals surface area contributed by atoms with Crippen molar-refractivity contribution in [3.05, 3.63) is 42.5 Å². The summed E-state index contributed by atoms with van der Waals surface area (Å²) in [5.74, 6) is -0.0833. The van der Waals surface area contributed by atoms with Gasteiger partial charge in [0.15, 0.2) is 0 Å². The lowest BCUT2D eigenvalue weighted by atomic mass is 10.1. The van der Waals surface area contributed by atoms with Crippen LogP contribution in [0.4, 0.5) is 15.8 Å². The van der Waals surface area contributed by atoms with Gasteiger partial charge in [-0.25, -0.2) is 12.8 Å². The highest BCUT2D eigenvalue weighted by Gasteiger charge is 2.39. The molecule has 2 aromatic rings. The number of aromatic hydroxyl groups is 1. The molecular formula is C21H27FN2O3S2. The van der Waals surface area contributed by atoms with Gasteiger partial charge in [0, 0.05) is 30.9 Å². The molecule has 0 saturated carbocycles. The van der Waals surface area contributed by atoms with Gasteiger partial charge in [0.2, 0.25) is 10.0 Å². The number of rotatable bonds is 7. The molecule has 3 rings (SSSR count). The van der Waals surface area contributed by atoms with Gasteiger partial charge in [-0.2, -0.15) is 4.31 Å². The topological polar surface area (TPSA) is 60.9 Å². The fraction of sp³-hybridized carbons (Fsp3) is 0.429. The summed E-state index contributed by atoms with van der Waals surface area (Å²) < 4.78 is 41.7. The molecule has 1 N–H and O–H groups in total. The van der Waals surface area contributed by atoms with E-state index in [1.54, 1.807) is 6.07 Å². The third-order valence-electron chi connectivity index (χ3n) is 5.20. The van der Waals surface area contributed by atoms with Crippen molar-refractivity contribution in [1.29, 1.82) is 0 Å². The smallest absolute Gasteiger partial charge is 0.245 e. The van der Waals surface area contributed by atoms with Crippen molar-refractivity contribution in [3.8, 4) is 5.75 Å². The van der Waals surface area contributed by atoms with Gasteiger partial charge in [-0.05, 0) is 30.9 Å². The lowest BCUT2D eigenvalue weighted by Crippen LogP contribution is -2.44. The molecule has 0 aliphatic carbocycles. The highest BCUT2D eigenvalue weighted by Crippen LogP contribution is 2.43. The Labute approximate surface area is 176 Å². The van der Waals surface area contributed by atoms with Crippen molar-refractivity contribution in [2.75, 3.05) is 30.9 Å². The Morgan fingerprint density at radius 3 is 2.59 bits per heavy atom. The molecule has 0 fully saturated rings. The zero-order valence-electron chi connectivity index (χ0n) is 16.7. The zero-order valence-corrected chi connectivity index (χ0v) is 18.3. The summed E-state index contributed by atoms with van der Waals surface area (Å²) in [5, 5.41) is 10.4. The van der Waals surface area contributed by atoms with Crippen molar-refractivity contribution >= 4 is 33.2 Å². The number of phenols is 1. The number of alkyl halides is 1. The average Bonchev–Trinajstić information content (AvgIpc) is 2.81. The Balaban J connectivity index is 2.25. The molecule has 0 spiro atoms. The van der Waals surface area contributed by atoms with E-state index in [1.807, 2.05) is 41.5 Å². The SMILES string of the molecule is CCCCC1CN(c2ccccc2)c2cc(SC)c(O)cc2S(=O)(=O)N1CCF. The number of anilines is 2. The van der Waals surface area contributed by atoms with E-state index >= 15 is 0 Å². The van der Waals surface area contributed by atoms with Gasteiger partial charge in [-0.15, -0.1) is 11.8 Å². The van der Waals surface area contributed by atoms with E-state index < -0.39 is 16.7 Å². The van der Waals surface area contributed by atoms with Crippen LogP contribution < -0.4 is 4.90 Å². The van der Waals surface area contributed by atoms with Crippen LogP contribution in [0.3, 0.4) is 0 Å². The Morgan fingerprint density at radius 2 is 1.97 bits per heavy atom. The van der Waals surface area contributed by atoms with Crippen LogP contribution in [0, 0.1) is 0 Å². The van der Waals surface area contributed by atoms with Gasteiger partial charge in [0.25, 0.3) is 0 Å². The maximum absolute atomic E-state index is 13.5. The second-order valence-corrected chi connectivity index (χ2v) is 9.75. The lowest BCUT2D eigenvalue weighted by molar-refractivity contribution is 0.281. The molecule has 1 aliphatic rings. The van der Waals surface area contributed by atoms with Crippen LogP contribution in [-0.4, -0.2) is 49.9 Å². The predicted octanol–water partition coefficient (Wildman–Crippen LogP) is 4.78. The fourth-order valence-corrected chi connectivity index (χ4v) is 6.07. The van der Waals surface area contributed by atoms with Gasteiger partial charge in [-0.1, -0.05) is 38.0 Å². The molecule has 158 valence electrons. The largest absolute Gasteiger partial charge is 0.507 e. The van der Waals surface area contributed by atoms with Crippen molar-refractivity contribution in [2.24, 2.45) is 0 Å². The first kappa shape index (κ1) is 21.9. The number of unbranched alkanes of at least 4 members (excludes halogenated alkanes) is 1. The summed E-state index contributed by atoms with van der Waals surface area (Å²) in [6.45, 7) is 1.53. The van der Waals surface area contributed by atoms with Crippen LogP contribution in [-0.2, 0) is 10.0 Å². The fourth-order valence-electron chi connectivity index (χ4n) is 3.76. The summed E-state index contributed by atoms with van der Waals surface area (Å²) in [6, 6.07) is 12.3. The molecule has 0 amide bonds. The third-order valence-corrected chi connectivity index (χ3v) is 7.95. The maximum atomic E-state index is 13.5. The zero-order chi connectivity index (χ0) is 21.0. The molecule has 0 saturated heterocycles. The Bertz CT molecular complexity index is 938. The number of para-hydroxylation sites is 1. The number of thioether (sulfide) groups is 1. The monoisotopic (exact) mass is 438 g/mol. The van der Waals surface area contributed by atoms with Crippen molar-refractivity contribution in [1.82, 2.24) is 4.31 Å². The quantitative estimate of drug-likeness (QED) is 0.630. The number of benzene rings is 2. The number of phenolic OH excluding ortho intramolecular Hbond substituents is 1. The highest BCUT2D eigenvalue weighted by atomic mass is 32.2. The van der Waals surface area contributed by atoms with Crippen LogP contribution in [0.2, 0.25) is 0 Å². The lowest BCUT2D eigenvalue weighted by Gasteiger charge is -2.31. The first-order chi connectivity index (χ1) is 13.9. The Hall–Kier alpha value is -1.77. The number of sulfonamides is 1. The second kappa shape index (κ2) is 9.36. The minimum Gasteiger partial charge on any atom is -0.507 e. The normalized spacial score (nSPS) is 19.0. The first-order valence-corrected chi connectivity index (χ1v) is 12.4. The van der Waals surface area contributed by atoms with E-state index in [-0.39, 0.29) is 23.2 Å². The standard InChI is InChI=1S/C21H27FN2O3S2/c1-3-4-8-17-15-23(16-9-6-5-7-10-16)18-13-20(28-2)19(25)14-21(18)29(26,27)24(17)12-11-22/h5-7,9-10,13-14,17,25H,3-4,8,11-12,15H2,1-2H3. The molecular weight excluding hydrogens is 411 g/mol. The summed E-state index contributed by atoms with van der Waals surface area (Å²) in [7, 11) is -3.97. The molecule has 1 unspecified atom stereocenters. The number of halogens is 1. The van der Waals surface area contributed by atoms with Crippen LogP contribution in [0.25, 0.3) is 0 Å². The van der Waals surface area contributed by atoms with Crippen LogP contribution >= 0.6 is 11.8 Å². The van der Waals surface area contributed by atoms with E-state index in [0.29, 0.717) is 23.5 Å². The predicted molar refractivity (Wildman–Crippen MR) is 117 cm³/mol. The molecule has 1 atom stereocenters. The van der Waals surface area contributed by atoms with Crippen molar-refractivity contribution in [2.45, 2.75) is 42.0 Å². The molecule has 2 aromatic carbocycles. The van der Waals surface area contributed by atoms with Gasteiger partial charge in [0.05, 0.1) is 10.6 Å². The molecule has 29 heavy (non-hydrogen) atoms. The molecule has 0 aromatic heterocycles. The number of fused-ring (bicyclic) bond motifs is 1. The van der Waals surface area contributed by atoms with Crippen LogP contribution in [0.5, 0.6) is 5.75 Å². The van der Waals surface area contributed by atoms with Crippen molar-refractivity contribution in [3.63, 3.8) is 0 Å². The molecule has 8 heteroatoms. The van der Waals surface area contributed by atoms with E-state index in [9.17, 15) is 17.9 Å². The van der Waals surface area contributed by atoms with Gasteiger partial charge >= 0.3 is 0 Å². The Kier molecular flexibility index (Phi) is 7.08. The second-order valence-electron chi connectivity index (χ2n) is 7.04. The van der Waals surface area contributed by atoms with Crippen LogP contribution in [0.1, 0.15) is 26.2 Å². The van der Waals surface area contributed by atoms with E-state index in [0.717, 1.165) is 18.5 Å². The van der Waals surface area contributed by atoms with Gasteiger partial charge < -0.3 is 10.0 Å². The Morgan fingerprint density at radius 1 is 1.24 bits per heavy atom. The molecule has 0 radical (unpaired) electrons. The molecule has 0 bridgehead atoms. The summed E-state index contributed by atoms with van der Waals surface area (Å²) in [4.78, 5) is 2.60. The molecule has 1 aliphatic heterocycles. The minimum absolute atomic E-state index is 0.0177. The number of nitrogens with zero attached hydrogens (tertiary/aromatic N) is 2. The average molecular weight is 439 g/mol. The highest BCUT2D eigenvalue weighted by molar-refractivity contribution is 7.98. The van der Waals surface area contributed by atoms with Gasteiger partial charge in [0.1, 0.15) is 17.3 Å². The number of hydrogen-bond donors (Lipinski definition) is 1. The molecule has 5 nitrogen and oxygen atoms in total. The number of hydrogen-bond acceptors (Lipinski definition) is 5. The first-order valence-electron chi connectivity index (χ1n) is 9.75. The third kappa shape index (κ3) is 4.39. The van der Waals surface area contributed by atoms with E-state index in [1.165, 1.54) is 22.1 Å². The summed E-state index contributed by atoms with van der Waals surface area (Å²) in [5.41, 5.74) is 1.38. The van der Waals surface area contributed by atoms with Crippen molar-refractivity contribution < 1.29 is 17.9 Å². The maximum Gasteiger partial charge on any atom is 0.245 e. The minimum atomic E-state index is -3.97. The summed E-state index contributed by atoms with van der Waals surface area (Å²) >= 11 is 1.35. The van der Waals surface area contributed by atoms with Crippen LogP contribution in [0.15, 0.2) is 52.3 Å².